The molecule has 20 heavy (non-hydrogen) atoms. The molecule has 0 fully saturated rings. The van der Waals surface area contributed by atoms with Gasteiger partial charge >= 0.3 is 0 Å². The molecule has 0 aliphatic rings. The van der Waals surface area contributed by atoms with Crippen molar-refractivity contribution in [2.75, 3.05) is 0 Å². The molecule has 0 atom stereocenters. The van der Waals surface area contributed by atoms with Gasteiger partial charge in [0.15, 0.2) is 0 Å². The number of hydrogen-bond donors (Lipinski definition) is 1. The van der Waals surface area contributed by atoms with E-state index in [-0.39, 0.29) is 17.6 Å². The van der Waals surface area contributed by atoms with Gasteiger partial charge < -0.3 is 9.67 Å². The number of rotatable bonds is 2. The smallest absolute Gasteiger partial charge is 0.141 e. The van der Waals surface area contributed by atoms with E-state index in [4.69, 9.17) is 0 Å². The second-order valence-corrected chi connectivity index (χ2v) is 5.08. The predicted octanol–water partition coefficient (Wildman–Crippen LogP) is 4.13. The molecule has 3 nitrogen and oxygen atoms in total. The van der Waals surface area contributed by atoms with Crippen LogP contribution >= 0.6 is 0 Å². The fourth-order valence-corrected chi connectivity index (χ4v) is 2.44. The molecule has 3 aromatic rings. The summed E-state index contributed by atoms with van der Waals surface area (Å²) in [5, 5.41) is 9.63. The highest BCUT2D eigenvalue weighted by molar-refractivity contribution is 5.81. The molecule has 1 heterocycles. The van der Waals surface area contributed by atoms with Crippen LogP contribution in [0.5, 0.6) is 5.75 Å². The molecule has 102 valence electrons. The summed E-state index contributed by atoms with van der Waals surface area (Å²) >= 11 is 0. The largest absolute Gasteiger partial charge is 0.508 e. The van der Waals surface area contributed by atoms with Crippen LogP contribution in [0.4, 0.5) is 4.39 Å². The molecule has 3 rings (SSSR count). The highest BCUT2D eigenvalue weighted by atomic mass is 19.1. The molecule has 4 heteroatoms. The first-order valence-electron chi connectivity index (χ1n) is 6.53. The molecule has 0 aliphatic carbocycles. The van der Waals surface area contributed by atoms with Crippen molar-refractivity contribution < 1.29 is 9.50 Å². The highest BCUT2D eigenvalue weighted by Gasteiger charge is 2.15. The van der Waals surface area contributed by atoms with Crippen molar-refractivity contribution in [2.45, 2.75) is 19.9 Å². The number of phenolic OH excluding ortho intramolecular Hbond substituents is 1. The Bertz CT molecular complexity index is 777. The number of benzene rings is 2. The molecule has 1 N–H and O–H groups in total. The lowest BCUT2D eigenvalue weighted by atomic mass is 10.2. The standard InChI is InChI=1S/C16H15FN2O/c1-10(2)19-15-7-6-12(17)9-14(15)18-16(19)11-4-3-5-13(20)8-11/h3-10,20H,1-2H3. The lowest BCUT2D eigenvalue weighted by Gasteiger charge is -2.13. The number of hydrogen-bond acceptors (Lipinski definition) is 2. The van der Waals surface area contributed by atoms with Crippen molar-refractivity contribution in [1.82, 2.24) is 9.55 Å². The van der Waals surface area contributed by atoms with Gasteiger partial charge in [0.05, 0.1) is 11.0 Å². The molecular formula is C16H15FN2O. The Hall–Kier alpha value is -2.36. The molecule has 0 spiro atoms. The average molecular weight is 270 g/mol. The lowest BCUT2D eigenvalue weighted by Crippen LogP contribution is -2.02. The van der Waals surface area contributed by atoms with Crippen LogP contribution in [-0.4, -0.2) is 14.7 Å². The first-order chi connectivity index (χ1) is 9.56. The summed E-state index contributed by atoms with van der Waals surface area (Å²) in [4.78, 5) is 4.52. The van der Waals surface area contributed by atoms with Crippen molar-refractivity contribution >= 4 is 11.0 Å². The summed E-state index contributed by atoms with van der Waals surface area (Å²) in [6.07, 6.45) is 0. The van der Waals surface area contributed by atoms with E-state index in [0.29, 0.717) is 5.52 Å². The van der Waals surface area contributed by atoms with Gasteiger partial charge in [0.1, 0.15) is 17.4 Å². The normalized spacial score (nSPS) is 11.4. The highest BCUT2D eigenvalue weighted by Crippen LogP contribution is 2.30. The van der Waals surface area contributed by atoms with Crippen LogP contribution in [0, 0.1) is 5.82 Å². The minimum absolute atomic E-state index is 0.183. The van der Waals surface area contributed by atoms with Gasteiger partial charge in [-0.15, -0.1) is 0 Å². The average Bonchev–Trinajstić information content (AvgIpc) is 2.77. The number of imidazole rings is 1. The molecule has 1 aromatic heterocycles. The molecule has 0 aliphatic heterocycles. The fraction of sp³-hybridized carbons (Fsp3) is 0.188. The molecular weight excluding hydrogens is 255 g/mol. The summed E-state index contributed by atoms with van der Waals surface area (Å²) in [6, 6.07) is 11.7. The third kappa shape index (κ3) is 2.03. The first kappa shape index (κ1) is 12.7. The van der Waals surface area contributed by atoms with Crippen molar-refractivity contribution in [3.05, 3.63) is 48.3 Å². The minimum Gasteiger partial charge on any atom is -0.508 e. The maximum absolute atomic E-state index is 13.4. The zero-order chi connectivity index (χ0) is 14.3. The van der Waals surface area contributed by atoms with Crippen molar-refractivity contribution in [3.8, 4) is 17.1 Å². The van der Waals surface area contributed by atoms with E-state index in [1.54, 1.807) is 24.3 Å². The van der Waals surface area contributed by atoms with Crippen molar-refractivity contribution in [3.63, 3.8) is 0 Å². The Morgan fingerprint density at radius 3 is 2.65 bits per heavy atom. The van der Waals surface area contributed by atoms with E-state index in [0.717, 1.165) is 16.9 Å². The van der Waals surface area contributed by atoms with Gasteiger partial charge in [-0.1, -0.05) is 12.1 Å². The number of fused-ring (bicyclic) bond motifs is 1. The van der Waals surface area contributed by atoms with Crippen LogP contribution in [0.3, 0.4) is 0 Å². The van der Waals surface area contributed by atoms with E-state index in [9.17, 15) is 9.50 Å². The van der Waals surface area contributed by atoms with Crippen LogP contribution in [0.25, 0.3) is 22.4 Å². The van der Waals surface area contributed by atoms with Gasteiger partial charge in [-0.2, -0.15) is 0 Å². The van der Waals surface area contributed by atoms with Crippen LogP contribution in [0.2, 0.25) is 0 Å². The molecule has 0 radical (unpaired) electrons. The molecule has 0 unspecified atom stereocenters. The first-order valence-corrected chi connectivity index (χ1v) is 6.53. The Labute approximate surface area is 116 Å². The molecule has 2 aromatic carbocycles. The van der Waals surface area contributed by atoms with Crippen LogP contribution in [-0.2, 0) is 0 Å². The molecule has 0 amide bonds. The predicted molar refractivity (Wildman–Crippen MR) is 77.2 cm³/mol. The van der Waals surface area contributed by atoms with Crippen LogP contribution < -0.4 is 0 Å². The minimum atomic E-state index is -0.298. The third-order valence-electron chi connectivity index (χ3n) is 3.27. The summed E-state index contributed by atoms with van der Waals surface area (Å²) in [7, 11) is 0. The van der Waals surface area contributed by atoms with E-state index < -0.39 is 0 Å². The Kier molecular flexibility index (Phi) is 2.93. The number of phenols is 1. The zero-order valence-corrected chi connectivity index (χ0v) is 11.3. The van der Waals surface area contributed by atoms with Gasteiger partial charge in [0, 0.05) is 17.7 Å². The number of aromatic hydroxyl groups is 1. The van der Waals surface area contributed by atoms with Crippen molar-refractivity contribution in [2.24, 2.45) is 0 Å². The van der Waals surface area contributed by atoms with E-state index in [2.05, 4.69) is 18.8 Å². The fourth-order valence-electron chi connectivity index (χ4n) is 2.44. The SMILES string of the molecule is CC(C)n1c(-c2cccc(O)c2)nc2cc(F)ccc21. The van der Waals surface area contributed by atoms with Gasteiger partial charge in [0.25, 0.3) is 0 Å². The second-order valence-electron chi connectivity index (χ2n) is 5.08. The van der Waals surface area contributed by atoms with Crippen LogP contribution in [0.15, 0.2) is 42.5 Å². The van der Waals surface area contributed by atoms with Gasteiger partial charge in [-0.3, -0.25) is 0 Å². The molecule has 0 saturated heterocycles. The van der Waals surface area contributed by atoms with Crippen LogP contribution in [0.1, 0.15) is 19.9 Å². The summed E-state index contributed by atoms with van der Waals surface area (Å²) in [5.41, 5.74) is 2.33. The number of aromatic nitrogens is 2. The van der Waals surface area contributed by atoms with E-state index in [1.807, 2.05) is 10.6 Å². The molecule has 0 bridgehead atoms. The van der Waals surface area contributed by atoms with E-state index in [1.165, 1.54) is 12.1 Å². The number of nitrogens with zero attached hydrogens (tertiary/aromatic N) is 2. The Balaban J connectivity index is 2.32. The topological polar surface area (TPSA) is 38.0 Å². The lowest BCUT2D eigenvalue weighted by molar-refractivity contribution is 0.475. The Morgan fingerprint density at radius 1 is 1.15 bits per heavy atom. The second kappa shape index (κ2) is 4.63. The quantitative estimate of drug-likeness (QED) is 0.760. The Morgan fingerprint density at radius 2 is 1.95 bits per heavy atom. The van der Waals surface area contributed by atoms with Crippen molar-refractivity contribution in [1.29, 1.82) is 0 Å². The maximum Gasteiger partial charge on any atom is 0.141 e. The monoisotopic (exact) mass is 270 g/mol. The number of halogens is 1. The summed E-state index contributed by atoms with van der Waals surface area (Å²) in [5.74, 6) is 0.626. The summed E-state index contributed by atoms with van der Waals surface area (Å²) < 4.78 is 15.4. The van der Waals surface area contributed by atoms with Gasteiger partial charge in [0.2, 0.25) is 0 Å². The zero-order valence-electron chi connectivity index (χ0n) is 11.3. The summed E-state index contributed by atoms with van der Waals surface area (Å²) in [6.45, 7) is 4.10. The molecule has 0 saturated carbocycles. The van der Waals surface area contributed by atoms with E-state index >= 15 is 0 Å². The maximum atomic E-state index is 13.4. The van der Waals surface area contributed by atoms with Gasteiger partial charge in [-0.05, 0) is 38.1 Å². The van der Waals surface area contributed by atoms with Gasteiger partial charge in [-0.25, -0.2) is 9.37 Å². The third-order valence-corrected chi connectivity index (χ3v) is 3.27.